The average Bonchev–Trinajstić information content (AvgIpc) is 3.92. The zero-order valence-electron chi connectivity index (χ0n) is 40.9. The molecule has 0 unspecified atom stereocenters. The molecule has 8 aromatic carbocycles. The Morgan fingerprint density at radius 1 is 0.449 bits per heavy atom. The number of nitrogens with zero attached hydrogens (tertiary/aromatic N) is 3. The number of para-hydroxylation sites is 2. The van der Waals surface area contributed by atoms with Gasteiger partial charge in [0.05, 0.1) is 27.8 Å². The van der Waals surface area contributed by atoms with Crippen LogP contribution in [0.3, 0.4) is 0 Å². The molecule has 0 saturated heterocycles. The molecular weight excluding hydrogens is 843 g/mol. The van der Waals surface area contributed by atoms with Gasteiger partial charge in [-0.05, 0) is 122 Å². The fraction of sp³-hybridized carbons (Fsp3) is 0.188. The van der Waals surface area contributed by atoms with E-state index in [0.717, 1.165) is 94.3 Å². The number of phenolic OH excluding ortho intramolecular Hbond substituents is 1. The number of furan rings is 1. The van der Waals surface area contributed by atoms with E-state index in [1.54, 1.807) is 6.07 Å². The van der Waals surface area contributed by atoms with E-state index in [0.29, 0.717) is 11.1 Å². The maximum atomic E-state index is 11.9. The minimum Gasteiger partial charge on any atom is -0.507 e. The van der Waals surface area contributed by atoms with Crippen LogP contribution in [0.15, 0.2) is 180 Å². The summed E-state index contributed by atoms with van der Waals surface area (Å²) in [7, 11) is 0. The molecule has 69 heavy (non-hydrogen) atoms. The second-order valence-corrected chi connectivity index (χ2v) is 21.7. The van der Waals surface area contributed by atoms with Crippen LogP contribution >= 0.6 is 0 Å². The van der Waals surface area contributed by atoms with Gasteiger partial charge in [-0.25, -0.2) is 4.98 Å². The first kappa shape index (κ1) is 43.8. The Bertz CT molecular complexity index is 3780. The number of imidazole rings is 1. The third kappa shape index (κ3) is 7.67. The van der Waals surface area contributed by atoms with Crippen LogP contribution in [0.25, 0.3) is 105 Å². The van der Waals surface area contributed by atoms with E-state index in [9.17, 15) is 5.11 Å². The van der Waals surface area contributed by atoms with Gasteiger partial charge in [0.2, 0.25) is 0 Å². The summed E-state index contributed by atoms with van der Waals surface area (Å²) in [4.78, 5) is 10.9. The van der Waals surface area contributed by atoms with Gasteiger partial charge in [0.15, 0.2) is 0 Å². The Hall–Kier alpha value is -7.76. The molecule has 0 saturated carbocycles. The van der Waals surface area contributed by atoms with Gasteiger partial charge in [0.25, 0.3) is 0 Å². The zero-order chi connectivity index (χ0) is 48.0. The van der Waals surface area contributed by atoms with Crippen molar-refractivity contribution in [3.8, 4) is 67.3 Å². The minimum atomic E-state index is -0.223. The monoisotopic (exact) mass is 899 g/mol. The molecule has 5 nitrogen and oxygen atoms in total. The van der Waals surface area contributed by atoms with E-state index < -0.39 is 0 Å². The highest BCUT2D eigenvalue weighted by Crippen LogP contribution is 2.47. The first-order chi connectivity index (χ1) is 33.0. The lowest BCUT2D eigenvalue weighted by Crippen LogP contribution is -2.13. The number of benzene rings is 8. The van der Waals surface area contributed by atoms with Crippen molar-refractivity contribution in [2.45, 2.75) is 78.6 Å². The first-order valence-electron chi connectivity index (χ1n) is 24.0. The van der Waals surface area contributed by atoms with E-state index in [2.05, 4.69) is 206 Å². The highest BCUT2D eigenvalue weighted by Gasteiger charge is 2.28. The molecule has 0 radical (unpaired) electrons. The van der Waals surface area contributed by atoms with Crippen molar-refractivity contribution in [2.24, 2.45) is 0 Å². The van der Waals surface area contributed by atoms with Crippen molar-refractivity contribution in [1.29, 1.82) is 0 Å². The van der Waals surface area contributed by atoms with E-state index in [-0.39, 0.29) is 22.0 Å². The van der Waals surface area contributed by atoms with E-state index >= 15 is 0 Å². The molecule has 0 aliphatic carbocycles. The number of hydrogen-bond acceptors (Lipinski definition) is 4. The summed E-state index contributed by atoms with van der Waals surface area (Å²) in [6, 6.07) is 60.1. The summed E-state index contributed by atoms with van der Waals surface area (Å²) in [5.41, 5.74) is 17.3. The van der Waals surface area contributed by atoms with Crippen molar-refractivity contribution in [3.05, 3.63) is 193 Å². The molecule has 0 atom stereocenters. The number of rotatable bonds is 6. The number of aromatic hydroxyl groups is 1. The molecule has 5 heteroatoms. The zero-order valence-corrected chi connectivity index (χ0v) is 40.9. The predicted octanol–water partition coefficient (Wildman–Crippen LogP) is 17.4. The topological polar surface area (TPSA) is 64.1 Å². The van der Waals surface area contributed by atoms with Crippen LogP contribution in [0.4, 0.5) is 0 Å². The number of fused-ring (bicyclic) bond motifs is 5. The van der Waals surface area contributed by atoms with Crippen molar-refractivity contribution < 1.29 is 9.52 Å². The van der Waals surface area contributed by atoms with Crippen molar-refractivity contribution in [1.82, 2.24) is 14.5 Å². The fourth-order valence-electron chi connectivity index (χ4n) is 9.95. The number of pyridine rings is 1. The summed E-state index contributed by atoms with van der Waals surface area (Å²) in [5.74, 6) is 0.922. The molecule has 0 amide bonds. The van der Waals surface area contributed by atoms with Gasteiger partial charge in [-0.15, -0.1) is 0 Å². The van der Waals surface area contributed by atoms with Crippen LogP contribution in [0.5, 0.6) is 5.75 Å². The number of phenols is 1. The molecule has 0 fully saturated rings. The Labute approximate surface area is 404 Å². The largest absolute Gasteiger partial charge is 0.507 e. The third-order valence-corrected chi connectivity index (χ3v) is 13.8. The SMILES string of the molecule is CC(C)(C)c1cc(-c2cc(C(C)(C)C)cc3c(-c4ccccc4)ccnc23)cc(-c2nc3c(-c4c(O)ccc5c4oc4ccccc45)cccc3n2-c2ccc(C(C)(C)C)cc2-c2ccccc2)c1. The van der Waals surface area contributed by atoms with Crippen LogP contribution in [0.1, 0.15) is 79.0 Å². The Morgan fingerprint density at radius 3 is 1.80 bits per heavy atom. The van der Waals surface area contributed by atoms with E-state index in [1.165, 1.54) is 16.7 Å². The smallest absolute Gasteiger partial charge is 0.147 e. The minimum absolute atomic E-state index is 0.0907. The molecular formula is C64H57N3O2. The maximum Gasteiger partial charge on any atom is 0.147 e. The molecule has 11 rings (SSSR count). The van der Waals surface area contributed by atoms with Crippen LogP contribution in [-0.4, -0.2) is 19.6 Å². The quantitative estimate of drug-likeness (QED) is 0.181. The normalized spacial score (nSPS) is 12.5. The predicted molar refractivity (Wildman–Crippen MR) is 289 cm³/mol. The second kappa shape index (κ2) is 16.2. The van der Waals surface area contributed by atoms with Gasteiger partial charge in [-0.1, -0.05) is 165 Å². The Morgan fingerprint density at radius 2 is 1.09 bits per heavy atom. The molecule has 3 heterocycles. The fourth-order valence-corrected chi connectivity index (χ4v) is 9.95. The standard InChI is InChI=1S/C64H57N3O2/c1-62(2,3)43-27-29-53(50(36-43)40-21-14-11-15-22-40)67-54-25-18-24-49(57-55(68)30-28-48-47-23-16-17-26-56(47)69-60(48)57)59(54)66-61(67)42-33-41(34-44(35-42)63(4,5)6)51-37-45(64(7,8)9)38-52-46(31-32-65-58(51)52)39-19-12-10-13-20-39/h10-38,68H,1-9H3. The highest BCUT2D eigenvalue weighted by molar-refractivity contribution is 6.13. The molecule has 1 N–H and O–H groups in total. The molecule has 340 valence electrons. The maximum absolute atomic E-state index is 11.9. The molecule has 11 aromatic rings. The lowest BCUT2D eigenvalue weighted by molar-refractivity contribution is 0.477. The lowest BCUT2D eigenvalue weighted by Gasteiger charge is -2.25. The summed E-state index contributed by atoms with van der Waals surface area (Å²) in [6.07, 6.45) is 1.95. The van der Waals surface area contributed by atoms with Gasteiger partial charge in [-0.3, -0.25) is 9.55 Å². The van der Waals surface area contributed by atoms with Crippen molar-refractivity contribution >= 4 is 43.9 Å². The van der Waals surface area contributed by atoms with Crippen LogP contribution in [0, 0.1) is 0 Å². The van der Waals surface area contributed by atoms with Crippen molar-refractivity contribution in [2.75, 3.05) is 0 Å². The Balaban J connectivity index is 1.25. The third-order valence-electron chi connectivity index (χ3n) is 13.8. The molecule has 0 aliphatic heterocycles. The van der Waals surface area contributed by atoms with Crippen LogP contribution < -0.4 is 0 Å². The van der Waals surface area contributed by atoms with Gasteiger partial charge in [0, 0.05) is 44.6 Å². The lowest BCUT2D eigenvalue weighted by atomic mass is 9.81. The summed E-state index contributed by atoms with van der Waals surface area (Å²) in [5, 5.41) is 15.0. The number of hydrogen-bond donors (Lipinski definition) is 1. The van der Waals surface area contributed by atoms with E-state index in [1.807, 2.05) is 30.5 Å². The van der Waals surface area contributed by atoms with Crippen LogP contribution in [-0.2, 0) is 16.2 Å². The number of aromatic nitrogens is 3. The van der Waals surface area contributed by atoms with Gasteiger partial charge in [-0.2, -0.15) is 0 Å². The van der Waals surface area contributed by atoms with Gasteiger partial charge < -0.3 is 9.52 Å². The summed E-state index contributed by atoms with van der Waals surface area (Å²) >= 11 is 0. The summed E-state index contributed by atoms with van der Waals surface area (Å²) < 4.78 is 8.96. The molecule has 0 spiro atoms. The average molecular weight is 900 g/mol. The van der Waals surface area contributed by atoms with Crippen molar-refractivity contribution in [3.63, 3.8) is 0 Å². The van der Waals surface area contributed by atoms with Gasteiger partial charge in [0.1, 0.15) is 22.7 Å². The second-order valence-electron chi connectivity index (χ2n) is 21.7. The van der Waals surface area contributed by atoms with Crippen LogP contribution in [0.2, 0.25) is 0 Å². The van der Waals surface area contributed by atoms with Gasteiger partial charge >= 0.3 is 0 Å². The molecule has 3 aromatic heterocycles. The first-order valence-corrected chi connectivity index (χ1v) is 24.0. The molecule has 0 bridgehead atoms. The Kier molecular flexibility index (Phi) is 10.3. The summed E-state index contributed by atoms with van der Waals surface area (Å²) in [6.45, 7) is 20.5. The molecule has 0 aliphatic rings. The highest BCUT2D eigenvalue weighted by atomic mass is 16.3. The van der Waals surface area contributed by atoms with E-state index in [4.69, 9.17) is 14.4 Å².